The van der Waals surface area contributed by atoms with E-state index in [1.807, 2.05) is 0 Å². The fraction of sp³-hybridized carbons (Fsp3) is 0.368. The average molecular weight is 421 g/mol. The van der Waals surface area contributed by atoms with Crippen molar-refractivity contribution in [2.45, 2.75) is 25.0 Å². The van der Waals surface area contributed by atoms with Gasteiger partial charge in [0.25, 0.3) is 5.91 Å². The van der Waals surface area contributed by atoms with E-state index in [4.69, 9.17) is 19.3 Å². The Hall–Kier alpha value is -2.85. The number of carbonyl (C=O) groups excluding carboxylic acids is 3. The van der Waals surface area contributed by atoms with Gasteiger partial charge < -0.3 is 19.3 Å². The number of hydrogen-bond acceptors (Lipinski definition) is 8. The lowest BCUT2D eigenvalue weighted by Gasteiger charge is -2.48. The molecule has 1 aromatic rings. The predicted molar refractivity (Wildman–Crippen MR) is 101 cm³/mol. The van der Waals surface area contributed by atoms with Crippen LogP contribution in [0.25, 0.3) is 0 Å². The van der Waals surface area contributed by atoms with Gasteiger partial charge in [0.05, 0.1) is 5.56 Å². The van der Waals surface area contributed by atoms with Crippen molar-refractivity contribution < 1.29 is 38.5 Å². The maximum atomic E-state index is 12.8. The molecule has 0 aromatic heterocycles. The molecule has 2 aliphatic rings. The third-order valence-electron chi connectivity index (χ3n) is 4.47. The molecule has 1 aromatic carbocycles. The number of carboxylic acid groups (broad SMARTS) is 1. The maximum Gasteiger partial charge on any atom is 0.355 e. The fourth-order valence-electron chi connectivity index (χ4n) is 2.98. The van der Waals surface area contributed by atoms with Gasteiger partial charge in [-0.1, -0.05) is 12.1 Å². The highest BCUT2D eigenvalue weighted by molar-refractivity contribution is 8.00. The fourth-order valence-corrected chi connectivity index (χ4v) is 4.33. The molecule has 0 saturated carbocycles. The van der Waals surface area contributed by atoms with E-state index >= 15 is 0 Å². The minimum Gasteiger partial charge on any atom is -0.478 e. The van der Waals surface area contributed by atoms with Crippen molar-refractivity contribution in [2.75, 3.05) is 19.5 Å². The number of ether oxygens (including phenoxy) is 3. The van der Waals surface area contributed by atoms with Gasteiger partial charge in [-0.2, -0.15) is 0 Å². The first-order valence-electron chi connectivity index (χ1n) is 8.65. The summed E-state index contributed by atoms with van der Waals surface area (Å²) < 4.78 is 15.5. The zero-order valence-corrected chi connectivity index (χ0v) is 16.6. The Bertz CT molecular complexity index is 879. The number of benzene rings is 1. The van der Waals surface area contributed by atoms with E-state index in [9.17, 15) is 19.2 Å². The molecular formula is C19H19NO8S. The van der Waals surface area contributed by atoms with E-state index in [1.165, 1.54) is 42.8 Å². The van der Waals surface area contributed by atoms with Crippen LogP contribution in [0.15, 0.2) is 35.5 Å². The van der Waals surface area contributed by atoms with Crippen molar-refractivity contribution >= 4 is 35.6 Å². The van der Waals surface area contributed by atoms with Crippen LogP contribution in [-0.4, -0.2) is 64.8 Å². The van der Waals surface area contributed by atoms with Gasteiger partial charge in [-0.25, -0.2) is 9.59 Å². The van der Waals surface area contributed by atoms with Gasteiger partial charge in [-0.3, -0.25) is 14.5 Å². The molecule has 0 bridgehead atoms. The van der Waals surface area contributed by atoms with Gasteiger partial charge in [-0.15, -0.1) is 11.8 Å². The second kappa shape index (κ2) is 8.66. The Morgan fingerprint density at radius 1 is 1.17 bits per heavy atom. The van der Waals surface area contributed by atoms with Gasteiger partial charge >= 0.3 is 17.9 Å². The molecule has 154 valence electrons. The summed E-state index contributed by atoms with van der Waals surface area (Å²) in [6.07, 6.45) is -0.637. The molecule has 2 heterocycles. The van der Waals surface area contributed by atoms with Crippen molar-refractivity contribution in [2.24, 2.45) is 0 Å². The number of hydrogen-bond donors (Lipinski definition) is 1. The van der Waals surface area contributed by atoms with Crippen molar-refractivity contribution in [1.29, 1.82) is 0 Å². The van der Waals surface area contributed by atoms with Crippen LogP contribution in [0.3, 0.4) is 0 Å². The smallest absolute Gasteiger partial charge is 0.355 e. The van der Waals surface area contributed by atoms with Crippen molar-refractivity contribution in [3.05, 3.63) is 46.7 Å². The molecule has 10 heteroatoms. The van der Waals surface area contributed by atoms with Gasteiger partial charge in [0.2, 0.25) is 0 Å². The summed E-state index contributed by atoms with van der Waals surface area (Å²) in [5.74, 6) is -2.24. The summed E-state index contributed by atoms with van der Waals surface area (Å²) >= 11 is 1.42. The van der Waals surface area contributed by atoms with E-state index in [0.717, 1.165) is 0 Å². The number of esters is 2. The Kier molecular flexibility index (Phi) is 6.23. The topological polar surface area (TPSA) is 119 Å². The first-order chi connectivity index (χ1) is 13.8. The summed E-state index contributed by atoms with van der Waals surface area (Å²) in [4.78, 5) is 48.5. The first kappa shape index (κ1) is 20.9. The number of aromatic carboxylic acids is 1. The van der Waals surface area contributed by atoms with Gasteiger partial charge in [0.15, 0.2) is 6.10 Å². The molecule has 29 heavy (non-hydrogen) atoms. The Morgan fingerprint density at radius 2 is 1.86 bits per heavy atom. The summed E-state index contributed by atoms with van der Waals surface area (Å²) in [7, 11) is 1.43. The van der Waals surface area contributed by atoms with Gasteiger partial charge in [-0.05, 0) is 17.7 Å². The number of rotatable bonds is 7. The number of carbonyl (C=O) groups is 4. The molecule has 9 nitrogen and oxygen atoms in total. The largest absolute Gasteiger partial charge is 0.478 e. The molecule has 0 aliphatic carbocycles. The highest BCUT2D eigenvalue weighted by atomic mass is 32.2. The molecule has 3 rings (SSSR count). The molecule has 0 spiro atoms. The van der Waals surface area contributed by atoms with Crippen LogP contribution in [0.1, 0.15) is 22.8 Å². The second-order valence-corrected chi connectivity index (χ2v) is 7.48. The molecule has 1 unspecified atom stereocenters. The Balaban J connectivity index is 1.76. The third-order valence-corrected chi connectivity index (χ3v) is 5.78. The quantitative estimate of drug-likeness (QED) is 0.511. The van der Waals surface area contributed by atoms with Crippen LogP contribution in [-0.2, 0) is 35.2 Å². The van der Waals surface area contributed by atoms with Crippen LogP contribution in [0, 0.1) is 0 Å². The van der Waals surface area contributed by atoms with E-state index in [1.54, 1.807) is 12.1 Å². The normalized spacial score (nSPS) is 20.6. The summed E-state index contributed by atoms with van der Waals surface area (Å²) in [6, 6.07) is 5.90. The Morgan fingerprint density at radius 3 is 2.45 bits per heavy atom. The van der Waals surface area contributed by atoms with E-state index in [0.29, 0.717) is 16.9 Å². The van der Waals surface area contributed by atoms with Crippen LogP contribution in [0.5, 0.6) is 0 Å². The molecule has 2 aliphatic heterocycles. The van der Waals surface area contributed by atoms with Crippen LogP contribution < -0.4 is 0 Å². The van der Waals surface area contributed by atoms with Crippen molar-refractivity contribution in [1.82, 2.24) is 4.90 Å². The molecule has 1 fully saturated rings. The van der Waals surface area contributed by atoms with Gasteiger partial charge in [0, 0.05) is 25.4 Å². The molecule has 1 N–H and O–H groups in total. The predicted octanol–water partition coefficient (Wildman–Crippen LogP) is 1.18. The van der Waals surface area contributed by atoms with Crippen LogP contribution >= 0.6 is 11.8 Å². The SMILES string of the molecule is CO[C@H]1C(=O)N2C(C(=O)OCc3ccc(C(=O)O)cc3)=C(COC(C)=O)CSC12. The number of carboxylic acids is 1. The van der Waals surface area contributed by atoms with E-state index in [-0.39, 0.29) is 35.8 Å². The summed E-state index contributed by atoms with van der Waals surface area (Å²) in [6.45, 7) is 1.04. The third kappa shape index (κ3) is 4.28. The maximum absolute atomic E-state index is 12.8. The standard InChI is InChI=1S/C19H19NO8S/c1-10(21)27-8-13-9-29-17-15(26-2)16(22)20(17)14(13)19(25)28-7-11-3-5-12(6-4-11)18(23)24/h3-6,15,17H,7-9H2,1-2H3,(H,23,24)/t15-,17?/m0/s1. The zero-order chi connectivity index (χ0) is 21.1. The lowest BCUT2D eigenvalue weighted by molar-refractivity contribution is -0.163. The molecule has 0 radical (unpaired) electrons. The number of amides is 1. The minimum atomic E-state index is -1.05. The number of thioether (sulfide) groups is 1. The number of β-lactam (4-membered cyclic amide) rings is 1. The molecule has 1 amide bonds. The molecule has 2 atom stereocenters. The van der Waals surface area contributed by atoms with E-state index < -0.39 is 24.0 Å². The second-order valence-electron chi connectivity index (χ2n) is 6.38. The highest BCUT2D eigenvalue weighted by Gasteiger charge is 2.54. The van der Waals surface area contributed by atoms with E-state index in [2.05, 4.69) is 0 Å². The first-order valence-corrected chi connectivity index (χ1v) is 9.70. The van der Waals surface area contributed by atoms with Crippen LogP contribution in [0.4, 0.5) is 0 Å². The lowest BCUT2D eigenvalue weighted by atomic mass is 10.1. The highest BCUT2D eigenvalue weighted by Crippen LogP contribution is 2.41. The van der Waals surface area contributed by atoms with Crippen LogP contribution in [0.2, 0.25) is 0 Å². The van der Waals surface area contributed by atoms with Gasteiger partial charge in [0.1, 0.15) is 24.3 Å². The average Bonchev–Trinajstić information content (AvgIpc) is 2.70. The Labute approximate surface area is 170 Å². The number of methoxy groups -OCH3 is 1. The summed E-state index contributed by atoms with van der Waals surface area (Å²) in [5, 5.41) is 8.59. The van der Waals surface area contributed by atoms with Crippen molar-refractivity contribution in [3.63, 3.8) is 0 Å². The monoisotopic (exact) mass is 421 g/mol. The zero-order valence-electron chi connectivity index (χ0n) is 15.7. The lowest BCUT2D eigenvalue weighted by Crippen LogP contribution is -2.65. The van der Waals surface area contributed by atoms with Crippen molar-refractivity contribution in [3.8, 4) is 0 Å². The number of nitrogens with zero attached hydrogens (tertiary/aromatic N) is 1. The molecule has 1 saturated heterocycles. The number of fused-ring (bicyclic) bond motifs is 1. The summed E-state index contributed by atoms with van der Waals surface area (Å²) in [5.41, 5.74) is 1.26. The minimum absolute atomic E-state index is 0.0652. The molecular weight excluding hydrogens is 402 g/mol.